The molecule has 0 aliphatic rings. The van der Waals surface area contributed by atoms with Crippen LogP contribution >= 0.6 is 15.9 Å². The Hall–Kier alpha value is 0.190. The Bertz CT molecular complexity index is 142. The lowest BCUT2D eigenvalue weighted by Crippen LogP contribution is -2.32. The average Bonchev–Trinajstić information content (AvgIpc) is 1.99. The lowest BCUT2D eigenvalue weighted by atomic mass is 10.3. The van der Waals surface area contributed by atoms with Crippen LogP contribution in [0.15, 0.2) is 0 Å². The van der Waals surface area contributed by atoms with Crippen molar-refractivity contribution in [1.29, 1.82) is 0 Å². The zero-order valence-corrected chi connectivity index (χ0v) is 8.90. The zero-order chi connectivity index (χ0) is 10.5. The standard InChI is InChI=1S/C7H13BrF3NO/c1-12(5-6(13)4-8)3-2-7(9,10)11/h6,13H,2-5H2,1H3. The fourth-order valence-electron chi connectivity index (χ4n) is 0.817. The first-order valence-electron chi connectivity index (χ1n) is 3.84. The molecule has 0 aromatic rings. The third-order valence-electron chi connectivity index (χ3n) is 1.48. The number of aliphatic hydroxyl groups excluding tert-OH is 1. The molecule has 1 unspecified atom stereocenters. The summed E-state index contributed by atoms with van der Waals surface area (Å²) in [7, 11) is 1.55. The fourth-order valence-corrected chi connectivity index (χ4v) is 1.02. The normalized spacial score (nSPS) is 15.0. The Morgan fingerprint density at radius 3 is 2.38 bits per heavy atom. The number of rotatable bonds is 5. The van der Waals surface area contributed by atoms with Gasteiger partial charge in [0.1, 0.15) is 0 Å². The van der Waals surface area contributed by atoms with Crippen LogP contribution in [0.25, 0.3) is 0 Å². The Morgan fingerprint density at radius 2 is 2.00 bits per heavy atom. The molecule has 0 saturated heterocycles. The molecule has 13 heavy (non-hydrogen) atoms. The maximum absolute atomic E-state index is 11.7. The molecule has 6 heteroatoms. The van der Waals surface area contributed by atoms with Crippen molar-refractivity contribution >= 4 is 15.9 Å². The van der Waals surface area contributed by atoms with Crippen molar-refractivity contribution in [2.75, 3.05) is 25.5 Å². The first-order valence-corrected chi connectivity index (χ1v) is 4.96. The summed E-state index contributed by atoms with van der Waals surface area (Å²) < 4.78 is 35.2. The molecule has 1 atom stereocenters. The van der Waals surface area contributed by atoms with Crippen molar-refractivity contribution in [3.63, 3.8) is 0 Å². The van der Waals surface area contributed by atoms with Crippen LogP contribution in [0, 0.1) is 0 Å². The number of alkyl halides is 4. The summed E-state index contributed by atoms with van der Waals surface area (Å²) in [5.41, 5.74) is 0. The summed E-state index contributed by atoms with van der Waals surface area (Å²) in [6.45, 7) is 0.175. The minimum atomic E-state index is -4.12. The van der Waals surface area contributed by atoms with E-state index in [-0.39, 0.29) is 13.1 Å². The molecule has 0 aliphatic heterocycles. The lowest BCUT2D eigenvalue weighted by molar-refractivity contribution is -0.137. The van der Waals surface area contributed by atoms with E-state index in [9.17, 15) is 13.2 Å². The average molecular weight is 264 g/mol. The molecule has 0 fully saturated rings. The van der Waals surface area contributed by atoms with Crippen LogP contribution in [0.2, 0.25) is 0 Å². The topological polar surface area (TPSA) is 23.5 Å². The molecular formula is C7H13BrF3NO. The highest BCUT2D eigenvalue weighted by Crippen LogP contribution is 2.19. The second-order valence-corrected chi connectivity index (χ2v) is 3.58. The van der Waals surface area contributed by atoms with Crippen molar-refractivity contribution < 1.29 is 18.3 Å². The first-order chi connectivity index (χ1) is 5.85. The van der Waals surface area contributed by atoms with E-state index in [1.54, 1.807) is 7.05 Å². The summed E-state index contributed by atoms with van der Waals surface area (Å²) in [5.74, 6) is 0. The lowest BCUT2D eigenvalue weighted by Gasteiger charge is -2.19. The van der Waals surface area contributed by atoms with Gasteiger partial charge in [-0.2, -0.15) is 13.2 Å². The quantitative estimate of drug-likeness (QED) is 0.763. The number of nitrogens with zero attached hydrogens (tertiary/aromatic N) is 1. The van der Waals surface area contributed by atoms with Gasteiger partial charge in [-0.05, 0) is 7.05 Å². The fraction of sp³-hybridized carbons (Fsp3) is 1.00. The Labute approximate surface area is 83.8 Å². The second kappa shape index (κ2) is 5.82. The van der Waals surface area contributed by atoms with Gasteiger partial charge in [-0.25, -0.2) is 0 Å². The Kier molecular flexibility index (Phi) is 5.91. The molecule has 1 N–H and O–H groups in total. The molecule has 0 heterocycles. The highest BCUT2D eigenvalue weighted by atomic mass is 79.9. The van der Waals surface area contributed by atoms with Crippen LogP contribution in [-0.4, -0.2) is 47.8 Å². The highest BCUT2D eigenvalue weighted by molar-refractivity contribution is 9.09. The summed E-state index contributed by atoms with van der Waals surface area (Å²) in [6.07, 6.45) is -5.57. The van der Waals surface area contributed by atoms with E-state index >= 15 is 0 Å². The molecule has 0 rings (SSSR count). The van der Waals surface area contributed by atoms with E-state index in [1.165, 1.54) is 4.90 Å². The summed E-state index contributed by atoms with van der Waals surface area (Å²) in [5, 5.41) is 9.47. The van der Waals surface area contributed by atoms with E-state index in [2.05, 4.69) is 15.9 Å². The van der Waals surface area contributed by atoms with E-state index in [0.717, 1.165) is 0 Å². The number of hydrogen-bond donors (Lipinski definition) is 1. The van der Waals surface area contributed by atoms with E-state index in [1.807, 2.05) is 0 Å². The van der Waals surface area contributed by atoms with Gasteiger partial charge in [-0.15, -0.1) is 0 Å². The van der Waals surface area contributed by atoms with Crippen LogP contribution in [0.4, 0.5) is 13.2 Å². The van der Waals surface area contributed by atoms with Gasteiger partial charge >= 0.3 is 6.18 Å². The van der Waals surface area contributed by atoms with Gasteiger partial charge in [-0.3, -0.25) is 0 Å². The van der Waals surface area contributed by atoms with E-state index in [4.69, 9.17) is 5.11 Å². The molecule has 0 aromatic heterocycles. The first kappa shape index (κ1) is 13.2. The molecular weight excluding hydrogens is 251 g/mol. The minimum absolute atomic E-state index is 0.0758. The molecule has 0 bridgehead atoms. The van der Waals surface area contributed by atoms with Crippen LogP contribution in [0.5, 0.6) is 0 Å². The second-order valence-electron chi connectivity index (χ2n) is 2.94. The van der Waals surface area contributed by atoms with Crippen molar-refractivity contribution in [3.05, 3.63) is 0 Å². The Morgan fingerprint density at radius 1 is 1.46 bits per heavy atom. The predicted molar refractivity (Wildman–Crippen MR) is 48.0 cm³/mol. The van der Waals surface area contributed by atoms with Gasteiger partial charge in [0.2, 0.25) is 0 Å². The molecule has 80 valence electrons. The zero-order valence-electron chi connectivity index (χ0n) is 7.31. The number of aliphatic hydroxyl groups is 1. The molecule has 0 radical (unpaired) electrons. The van der Waals surface area contributed by atoms with Crippen LogP contribution in [0.3, 0.4) is 0 Å². The maximum Gasteiger partial charge on any atom is 0.390 e. The minimum Gasteiger partial charge on any atom is -0.391 e. The van der Waals surface area contributed by atoms with Crippen LogP contribution in [-0.2, 0) is 0 Å². The molecule has 0 aromatic carbocycles. The number of likely N-dealkylation sites (N-methyl/N-ethyl adjacent to an activating group) is 1. The van der Waals surface area contributed by atoms with Crippen molar-refractivity contribution in [1.82, 2.24) is 4.90 Å². The van der Waals surface area contributed by atoms with Crippen molar-refractivity contribution in [2.24, 2.45) is 0 Å². The summed E-state index contributed by atoms with van der Waals surface area (Å²) in [6, 6.07) is 0. The van der Waals surface area contributed by atoms with E-state index in [0.29, 0.717) is 5.33 Å². The predicted octanol–water partition coefficient (Wildman–Crippen LogP) is 1.63. The van der Waals surface area contributed by atoms with Crippen molar-refractivity contribution in [2.45, 2.75) is 18.7 Å². The summed E-state index contributed by atoms with van der Waals surface area (Å²) in [4.78, 5) is 1.46. The van der Waals surface area contributed by atoms with Gasteiger partial charge in [0.05, 0.1) is 12.5 Å². The monoisotopic (exact) mass is 263 g/mol. The van der Waals surface area contributed by atoms with Gasteiger partial charge in [0, 0.05) is 18.4 Å². The van der Waals surface area contributed by atoms with Gasteiger partial charge in [-0.1, -0.05) is 15.9 Å². The van der Waals surface area contributed by atoms with Crippen LogP contribution < -0.4 is 0 Å². The van der Waals surface area contributed by atoms with Gasteiger partial charge in [0.25, 0.3) is 0 Å². The molecule has 0 spiro atoms. The molecule has 0 amide bonds. The smallest absolute Gasteiger partial charge is 0.390 e. The molecule has 2 nitrogen and oxygen atoms in total. The maximum atomic E-state index is 11.7. The highest BCUT2D eigenvalue weighted by Gasteiger charge is 2.27. The number of hydrogen-bond acceptors (Lipinski definition) is 2. The van der Waals surface area contributed by atoms with Crippen LogP contribution in [0.1, 0.15) is 6.42 Å². The number of halogens is 4. The summed E-state index contributed by atoms with van der Waals surface area (Å²) >= 11 is 3.03. The van der Waals surface area contributed by atoms with Gasteiger partial charge < -0.3 is 10.0 Å². The Balaban J connectivity index is 3.57. The molecule has 0 aliphatic carbocycles. The van der Waals surface area contributed by atoms with Gasteiger partial charge in [0.15, 0.2) is 0 Å². The SMILES string of the molecule is CN(CCC(F)(F)F)CC(O)CBr. The largest absolute Gasteiger partial charge is 0.391 e. The van der Waals surface area contributed by atoms with E-state index < -0.39 is 18.7 Å². The molecule has 0 saturated carbocycles. The third kappa shape index (κ3) is 8.52. The third-order valence-corrected chi connectivity index (χ3v) is 2.22. The van der Waals surface area contributed by atoms with Crippen molar-refractivity contribution in [3.8, 4) is 0 Å².